The van der Waals surface area contributed by atoms with Gasteiger partial charge in [0.05, 0.1) is 6.20 Å². The van der Waals surface area contributed by atoms with Crippen molar-refractivity contribution in [3.05, 3.63) is 54.5 Å². The first kappa shape index (κ1) is 17.0. The van der Waals surface area contributed by atoms with E-state index in [2.05, 4.69) is 35.4 Å². The second kappa shape index (κ2) is 7.44. The topological polar surface area (TPSA) is 83.0 Å². The lowest BCUT2D eigenvalue weighted by atomic mass is 10.3. The first-order valence-electron chi connectivity index (χ1n) is 8.38. The molecule has 10 heteroatoms. The highest BCUT2D eigenvalue weighted by molar-refractivity contribution is 5.56. The molecule has 2 aromatic heterocycles. The third-order valence-electron chi connectivity index (χ3n) is 4.14. The summed E-state index contributed by atoms with van der Waals surface area (Å²) >= 11 is 0. The van der Waals surface area contributed by atoms with Crippen molar-refractivity contribution >= 4 is 23.4 Å². The van der Waals surface area contributed by atoms with Crippen molar-refractivity contribution in [1.82, 2.24) is 25.1 Å². The Morgan fingerprint density at radius 2 is 1.59 bits per heavy atom. The standard InChI is InChI=1S/C17H16F2N8/c18-13-3-2-12(10-14(13)19)23-15-11-22-25-17(24-15)27-8-6-26(7-9-27)16-20-4-1-5-21-16/h1-5,10-11H,6-9H2,(H,23,24,25). The van der Waals surface area contributed by atoms with Gasteiger partial charge in [-0.15, -0.1) is 5.10 Å². The highest BCUT2D eigenvalue weighted by atomic mass is 19.2. The summed E-state index contributed by atoms with van der Waals surface area (Å²) < 4.78 is 26.4. The van der Waals surface area contributed by atoms with Crippen molar-refractivity contribution in [2.45, 2.75) is 0 Å². The molecule has 0 saturated carbocycles. The normalized spacial score (nSPS) is 14.3. The number of anilines is 4. The monoisotopic (exact) mass is 370 g/mol. The smallest absolute Gasteiger partial charge is 0.247 e. The Morgan fingerprint density at radius 3 is 2.30 bits per heavy atom. The molecule has 1 aliphatic rings. The van der Waals surface area contributed by atoms with Gasteiger partial charge in [0.15, 0.2) is 17.5 Å². The molecule has 1 fully saturated rings. The van der Waals surface area contributed by atoms with Crippen molar-refractivity contribution in [1.29, 1.82) is 0 Å². The number of aromatic nitrogens is 5. The van der Waals surface area contributed by atoms with Gasteiger partial charge in [-0.1, -0.05) is 0 Å². The van der Waals surface area contributed by atoms with E-state index in [1.807, 2.05) is 4.90 Å². The van der Waals surface area contributed by atoms with E-state index in [1.165, 1.54) is 12.3 Å². The lowest BCUT2D eigenvalue weighted by molar-refractivity contribution is 0.509. The summed E-state index contributed by atoms with van der Waals surface area (Å²) in [6.07, 6.45) is 4.86. The van der Waals surface area contributed by atoms with Crippen LogP contribution in [-0.4, -0.2) is 51.3 Å². The molecule has 27 heavy (non-hydrogen) atoms. The number of hydrogen-bond donors (Lipinski definition) is 1. The molecule has 0 bridgehead atoms. The molecule has 1 N–H and O–H groups in total. The average molecular weight is 370 g/mol. The van der Waals surface area contributed by atoms with Crippen LogP contribution in [0.2, 0.25) is 0 Å². The lowest BCUT2D eigenvalue weighted by Crippen LogP contribution is -2.47. The van der Waals surface area contributed by atoms with Gasteiger partial charge in [0.2, 0.25) is 11.9 Å². The molecular formula is C17H16F2N8. The fraction of sp³-hybridized carbons (Fsp3) is 0.235. The number of hydrogen-bond acceptors (Lipinski definition) is 8. The molecule has 4 rings (SSSR count). The Bertz CT molecular complexity index is 916. The molecule has 0 atom stereocenters. The SMILES string of the molecule is Fc1ccc(Nc2cnnc(N3CCN(c4ncccn4)CC3)n2)cc1F. The molecule has 0 aliphatic carbocycles. The quantitative estimate of drug-likeness (QED) is 0.747. The Labute approximate surface area is 153 Å². The Morgan fingerprint density at radius 1 is 0.889 bits per heavy atom. The minimum absolute atomic E-state index is 0.381. The van der Waals surface area contributed by atoms with Crippen LogP contribution in [0, 0.1) is 11.6 Å². The van der Waals surface area contributed by atoms with Crippen LogP contribution in [0.3, 0.4) is 0 Å². The number of piperazine rings is 1. The third-order valence-corrected chi connectivity index (χ3v) is 4.14. The second-order valence-corrected chi connectivity index (χ2v) is 5.92. The van der Waals surface area contributed by atoms with Gasteiger partial charge in [-0.05, 0) is 18.2 Å². The zero-order valence-electron chi connectivity index (χ0n) is 14.3. The van der Waals surface area contributed by atoms with Gasteiger partial charge in [0.1, 0.15) is 0 Å². The van der Waals surface area contributed by atoms with Crippen LogP contribution in [0.1, 0.15) is 0 Å². The second-order valence-electron chi connectivity index (χ2n) is 5.92. The fourth-order valence-corrected chi connectivity index (χ4v) is 2.77. The maximum Gasteiger partial charge on any atom is 0.247 e. The number of nitrogens with one attached hydrogen (secondary N) is 1. The van der Waals surface area contributed by atoms with Gasteiger partial charge >= 0.3 is 0 Å². The van der Waals surface area contributed by atoms with Crippen LogP contribution < -0.4 is 15.1 Å². The van der Waals surface area contributed by atoms with E-state index >= 15 is 0 Å². The van der Waals surface area contributed by atoms with Gasteiger partial charge in [-0.25, -0.2) is 18.7 Å². The summed E-state index contributed by atoms with van der Waals surface area (Å²) in [6, 6.07) is 5.33. The zero-order valence-corrected chi connectivity index (χ0v) is 14.3. The fourth-order valence-electron chi connectivity index (χ4n) is 2.77. The predicted molar refractivity (Wildman–Crippen MR) is 95.9 cm³/mol. The highest BCUT2D eigenvalue weighted by Gasteiger charge is 2.21. The molecule has 3 aromatic rings. The largest absolute Gasteiger partial charge is 0.339 e. The summed E-state index contributed by atoms with van der Waals surface area (Å²) in [5.74, 6) is -0.259. The summed E-state index contributed by atoms with van der Waals surface area (Å²) in [7, 11) is 0. The molecule has 0 spiro atoms. The van der Waals surface area contributed by atoms with Crippen molar-refractivity contribution in [2.75, 3.05) is 41.3 Å². The molecular weight excluding hydrogens is 354 g/mol. The maximum absolute atomic E-state index is 13.3. The number of benzene rings is 1. The van der Waals surface area contributed by atoms with Crippen molar-refractivity contribution < 1.29 is 8.78 Å². The van der Waals surface area contributed by atoms with Crippen LogP contribution >= 0.6 is 0 Å². The summed E-state index contributed by atoms with van der Waals surface area (Å²) in [6.45, 7) is 2.84. The van der Waals surface area contributed by atoms with E-state index in [1.54, 1.807) is 18.5 Å². The molecule has 138 valence electrons. The van der Waals surface area contributed by atoms with E-state index in [-0.39, 0.29) is 0 Å². The van der Waals surface area contributed by atoms with E-state index in [4.69, 9.17) is 0 Å². The Hall–Kier alpha value is -3.43. The summed E-state index contributed by atoms with van der Waals surface area (Å²) in [5, 5.41) is 10.9. The van der Waals surface area contributed by atoms with Gasteiger partial charge in [-0.2, -0.15) is 10.1 Å². The molecule has 1 saturated heterocycles. The molecule has 0 amide bonds. The molecule has 8 nitrogen and oxygen atoms in total. The predicted octanol–water partition coefficient (Wildman–Crippen LogP) is 2.01. The molecule has 1 aliphatic heterocycles. The summed E-state index contributed by atoms with van der Waals surface area (Å²) in [5.41, 5.74) is 0.381. The van der Waals surface area contributed by atoms with Crippen LogP contribution in [0.25, 0.3) is 0 Å². The molecule has 3 heterocycles. The van der Waals surface area contributed by atoms with Gasteiger partial charge in [-0.3, -0.25) is 0 Å². The van der Waals surface area contributed by atoms with Crippen LogP contribution in [0.15, 0.2) is 42.9 Å². The Balaban J connectivity index is 1.43. The van der Waals surface area contributed by atoms with Crippen molar-refractivity contribution in [2.24, 2.45) is 0 Å². The van der Waals surface area contributed by atoms with Crippen LogP contribution in [-0.2, 0) is 0 Å². The first-order chi connectivity index (χ1) is 13.2. The first-order valence-corrected chi connectivity index (χ1v) is 8.38. The highest BCUT2D eigenvalue weighted by Crippen LogP contribution is 2.19. The number of halogens is 2. The summed E-state index contributed by atoms with van der Waals surface area (Å²) in [4.78, 5) is 17.0. The number of rotatable bonds is 4. The van der Waals surface area contributed by atoms with Crippen molar-refractivity contribution in [3.63, 3.8) is 0 Å². The van der Waals surface area contributed by atoms with E-state index < -0.39 is 11.6 Å². The van der Waals surface area contributed by atoms with E-state index in [9.17, 15) is 8.78 Å². The maximum atomic E-state index is 13.3. The van der Waals surface area contributed by atoms with E-state index in [0.29, 0.717) is 36.5 Å². The average Bonchev–Trinajstić information content (AvgIpc) is 2.72. The van der Waals surface area contributed by atoms with E-state index in [0.717, 1.165) is 25.2 Å². The van der Waals surface area contributed by atoms with Gasteiger partial charge in [0, 0.05) is 50.3 Å². The van der Waals surface area contributed by atoms with Crippen molar-refractivity contribution in [3.8, 4) is 0 Å². The van der Waals surface area contributed by atoms with Gasteiger partial charge in [0.25, 0.3) is 0 Å². The molecule has 1 aromatic carbocycles. The third kappa shape index (κ3) is 3.89. The van der Waals surface area contributed by atoms with Gasteiger partial charge < -0.3 is 15.1 Å². The lowest BCUT2D eigenvalue weighted by Gasteiger charge is -2.34. The zero-order chi connectivity index (χ0) is 18.6. The minimum atomic E-state index is -0.929. The Kier molecular flexibility index (Phi) is 4.69. The minimum Gasteiger partial charge on any atom is -0.339 e. The molecule has 0 unspecified atom stereocenters. The number of nitrogens with zero attached hydrogens (tertiary/aromatic N) is 7. The van der Waals surface area contributed by atoms with Crippen LogP contribution in [0.4, 0.5) is 32.2 Å². The van der Waals surface area contributed by atoms with Crippen LogP contribution in [0.5, 0.6) is 0 Å². The molecule has 0 radical (unpaired) electrons.